The molecule has 6 heteroatoms. The van der Waals surface area contributed by atoms with Crippen molar-refractivity contribution in [1.29, 1.82) is 0 Å². The highest BCUT2D eigenvalue weighted by Gasteiger charge is 2.21. The summed E-state index contributed by atoms with van der Waals surface area (Å²) in [6, 6.07) is 1.58. The van der Waals surface area contributed by atoms with Gasteiger partial charge in [0.1, 0.15) is 0 Å². The van der Waals surface area contributed by atoms with Crippen molar-refractivity contribution >= 4 is 5.97 Å². The summed E-state index contributed by atoms with van der Waals surface area (Å²) in [5, 5.41) is 20.0. The van der Waals surface area contributed by atoms with Crippen molar-refractivity contribution in [2.24, 2.45) is 0 Å². The Labute approximate surface area is 117 Å². The first-order valence-electron chi connectivity index (χ1n) is 6.47. The molecule has 0 spiro atoms. The molecule has 1 aliphatic heterocycles. The van der Waals surface area contributed by atoms with E-state index in [-0.39, 0.29) is 17.1 Å². The van der Waals surface area contributed by atoms with Gasteiger partial charge in [-0.3, -0.25) is 4.90 Å². The second-order valence-electron chi connectivity index (χ2n) is 4.79. The predicted octanol–water partition coefficient (Wildman–Crippen LogP) is 1.03. The molecule has 0 saturated carbocycles. The third-order valence-corrected chi connectivity index (χ3v) is 3.51. The van der Waals surface area contributed by atoms with E-state index in [4.69, 9.17) is 9.47 Å². The number of rotatable bonds is 3. The van der Waals surface area contributed by atoms with E-state index >= 15 is 0 Å². The number of phenolic OH excluding ortho intramolecular Hbond substituents is 2. The van der Waals surface area contributed by atoms with Gasteiger partial charge in [0, 0.05) is 30.8 Å². The number of ether oxygens (including phenoxy) is 2. The van der Waals surface area contributed by atoms with Gasteiger partial charge in [0.25, 0.3) is 0 Å². The molecular formula is C14H19NO5. The van der Waals surface area contributed by atoms with Crippen LogP contribution in [0.3, 0.4) is 0 Å². The molecule has 0 aliphatic carbocycles. The first kappa shape index (κ1) is 14.6. The summed E-state index contributed by atoms with van der Waals surface area (Å²) in [7, 11) is 1.29. The first-order chi connectivity index (χ1) is 9.54. The summed E-state index contributed by atoms with van der Waals surface area (Å²) in [4.78, 5) is 13.8. The van der Waals surface area contributed by atoms with Crippen LogP contribution in [0.25, 0.3) is 0 Å². The number of esters is 1. The van der Waals surface area contributed by atoms with Crippen molar-refractivity contribution in [3.63, 3.8) is 0 Å². The van der Waals surface area contributed by atoms with Gasteiger partial charge in [-0.25, -0.2) is 4.79 Å². The van der Waals surface area contributed by atoms with Crippen LogP contribution in [0.15, 0.2) is 6.07 Å². The van der Waals surface area contributed by atoms with Crippen LogP contribution in [-0.2, 0) is 16.0 Å². The largest absolute Gasteiger partial charge is 0.504 e. The van der Waals surface area contributed by atoms with Gasteiger partial charge in [0.05, 0.1) is 25.9 Å². The van der Waals surface area contributed by atoms with E-state index in [0.717, 1.165) is 13.1 Å². The Kier molecular flexibility index (Phi) is 4.46. The van der Waals surface area contributed by atoms with Crippen molar-refractivity contribution in [2.75, 3.05) is 33.4 Å². The molecule has 110 valence electrons. The Balaban J connectivity index is 2.31. The molecule has 0 bridgehead atoms. The molecule has 1 aliphatic rings. The van der Waals surface area contributed by atoms with Crippen molar-refractivity contribution in [1.82, 2.24) is 4.90 Å². The van der Waals surface area contributed by atoms with Crippen LogP contribution >= 0.6 is 0 Å². The van der Waals surface area contributed by atoms with Gasteiger partial charge in [-0.2, -0.15) is 0 Å². The highest BCUT2D eigenvalue weighted by atomic mass is 16.5. The molecule has 2 rings (SSSR count). The molecule has 0 atom stereocenters. The van der Waals surface area contributed by atoms with E-state index in [1.807, 2.05) is 0 Å². The van der Waals surface area contributed by atoms with Crippen LogP contribution in [0.5, 0.6) is 11.5 Å². The van der Waals surface area contributed by atoms with Crippen LogP contribution in [0.4, 0.5) is 0 Å². The van der Waals surface area contributed by atoms with Gasteiger partial charge in [0.2, 0.25) is 0 Å². The monoisotopic (exact) mass is 281 g/mol. The van der Waals surface area contributed by atoms with Gasteiger partial charge in [-0.05, 0) is 13.0 Å². The fourth-order valence-electron chi connectivity index (χ4n) is 2.25. The van der Waals surface area contributed by atoms with E-state index in [2.05, 4.69) is 4.90 Å². The predicted molar refractivity (Wildman–Crippen MR) is 71.9 cm³/mol. The maximum Gasteiger partial charge on any atom is 0.338 e. The maximum atomic E-state index is 11.7. The Bertz CT molecular complexity index is 509. The van der Waals surface area contributed by atoms with Crippen LogP contribution in [0.2, 0.25) is 0 Å². The lowest BCUT2D eigenvalue weighted by Gasteiger charge is -2.27. The summed E-state index contributed by atoms with van der Waals surface area (Å²) < 4.78 is 9.95. The molecule has 1 aromatic rings. The Hall–Kier alpha value is -1.79. The second kappa shape index (κ2) is 6.11. The summed E-state index contributed by atoms with van der Waals surface area (Å²) >= 11 is 0. The number of aromatic hydroxyl groups is 2. The molecule has 1 saturated heterocycles. The smallest absolute Gasteiger partial charge is 0.338 e. The molecule has 1 heterocycles. The zero-order valence-electron chi connectivity index (χ0n) is 11.7. The molecule has 0 unspecified atom stereocenters. The summed E-state index contributed by atoms with van der Waals surface area (Å²) in [5.41, 5.74) is 1.10. The Morgan fingerprint density at radius 2 is 2.00 bits per heavy atom. The minimum Gasteiger partial charge on any atom is -0.504 e. The molecule has 20 heavy (non-hydrogen) atoms. The minimum absolute atomic E-state index is 0.179. The third-order valence-electron chi connectivity index (χ3n) is 3.51. The molecule has 0 aromatic heterocycles. The number of morpholine rings is 1. The van der Waals surface area contributed by atoms with Gasteiger partial charge < -0.3 is 19.7 Å². The highest BCUT2D eigenvalue weighted by molar-refractivity contribution is 5.92. The molecule has 6 nitrogen and oxygen atoms in total. The molecule has 0 amide bonds. The van der Waals surface area contributed by atoms with Gasteiger partial charge >= 0.3 is 5.97 Å². The SMILES string of the molecule is COC(=O)c1cc(CN2CCOCC2)c(O)c(O)c1C. The van der Waals surface area contributed by atoms with Gasteiger partial charge in [-0.1, -0.05) is 0 Å². The minimum atomic E-state index is -0.527. The fourth-order valence-corrected chi connectivity index (χ4v) is 2.25. The maximum absolute atomic E-state index is 11.7. The number of nitrogens with zero attached hydrogens (tertiary/aromatic N) is 1. The molecule has 2 N–H and O–H groups in total. The molecule has 1 fully saturated rings. The normalized spacial score (nSPS) is 16.1. The van der Waals surface area contributed by atoms with Crippen molar-refractivity contribution in [3.8, 4) is 11.5 Å². The number of hydrogen-bond acceptors (Lipinski definition) is 6. The molecular weight excluding hydrogens is 262 g/mol. The quantitative estimate of drug-likeness (QED) is 0.636. The number of benzene rings is 1. The number of carbonyl (C=O) groups excluding carboxylic acids is 1. The molecule has 0 radical (unpaired) electrons. The third kappa shape index (κ3) is 2.86. The van der Waals surface area contributed by atoms with E-state index in [9.17, 15) is 15.0 Å². The van der Waals surface area contributed by atoms with Crippen molar-refractivity contribution in [2.45, 2.75) is 13.5 Å². The second-order valence-corrected chi connectivity index (χ2v) is 4.79. The Morgan fingerprint density at radius 3 is 2.60 bits per heavy atom. The standard InChI is InChI=1S/C14H19NO5/c1-9-11(14(18)19-2)7-10(13(17)12(9)16)8-15-3-5-20-6-4-15/h7,16-17H,3-6,8H2,1-2H3. The van der Waals surface area contributed by atoms with E-state index in [1.54, 1.807) is 13.0 Å². The van der Waals surface area contributed by atoms with Gasteiger partial charge in [-0.15, -0.1) is 0 Å². The van der Waals surface area contributed by atoms with Crippen molar-refractivity contribution < 1.29 is 24.5 Å². The van der Waals surface area contributed by atoms with E-state index in [0.29, 0.717) is 30.9 Å². The summed E-state index contributed by atoms with van der Waals surface area (Å²) in [6.07, 6.45) is 0. The van der Waals surface area contributed by atoms with Gasteiger partial charge in [0.15, 0.2) is 11.5 Å². The lowest BCUT2D eigenvalue weighted by atomic mass is 10.0. The number of methoxy groups -OCH3 is 1. The average molecular weight is 281 g/mol. The Morgan fingerprint density at radius 1 is 1.35 bits per heavy atom. The number of hydrogen-bond donors (Lipinski definition) is 2. The van der Waals surface area contributed by atoms with Crippen LogP contribution in [-0.4, -0.2) is 54.5 Å². The zero-order chi connectivity index (χ0) is 14.7. The first-order valence-corrected chi connectivity index (χ1v) is 6.47. The number of phenols is 2. The van der Waals surface area contributed by atoms with E-state index < -0.39 is 5.97 Å². The van der Waals surface area contributed by atoms with Crippen molar-refractivity contribution in [3.05, 3.63) is 22.8 Å². The fraction of sp³-hybridized carbons (Fsp3) is 0.500. The zero-order valence-corrected chi connectivity index (χ0v) is 11.7. The summed E-state index contributed by atoms with van der Waals surface area (Å²) in [5.74, 6) is -0.973. The molecule has 1 aromatic carbocycles. The average Bonchev–Trinajstić information content (AvgIpc) is 2.48. The highest BCUT2D eigenvalue weighted by Crippen LogP contribution is 2.35. The van der Waals surface area contributed by atoms with Crippen LogP contribution in [0.1, 0.15) is 21.5 Å². The van der Waals surface area contributed by atoms with Crippen LogP contribution < -0.4 is 0 Å². The lowest BCUT2D eigenvalue weighted by molar-refractivity contribution is 0.0338. The number of carbonyl (C=O) groups is 1. The topological polar surface area (TPSA) is 79.2 Å². The lowest BCUT2D eigenvalue weighted by Crippen LogP contribution is -2.35. The summed E-state index contributed by atoms with van der Waals surface area (Å²) in [6.45, 7) is 4.81. The van der Waals surface area contributed by atoms with E-state index in [1.165, 1.54) is 7.11 Å². The van der Waals surface area contributed by atoms with Crippen LogP contribution in [0, 0.1) is 6.92 Å².